The first-order chi connectivity index (χ1) is 26.4. The molecule has 6 aromatic heterocycles. The van der Waals surface area contributed by atoms with Gasteiger partial charge in [0.1, 0.15) is 0 Å². The number of ether oxygens (including phenoxy) is 2. The lowest BCUT2D eigenvalue weighted by Gasteiger charge is -2.39. The fourth-order valence-corrected chi connectivity index (χ4v) is 7.47. The van der Waals surface area contributed by atoms with Crippen molar-refractivity contribution >= 4 is 44.5 Å². The summed E-state index contributed by atoms with van der Waals surface area (Å²) in [4.78, 5) is 41.9. The van der Waals surface area contributed by atoms with Crippen LogP contribution < -0.4 is 10.0 Å². The number of imidazole rings is 2. The number of thioether (sulfide) groups is 1. The van der Waals surface area contributed by atoms with Gasteiger partial charge in [-0.05, 0) is 18.4 Å². The number of aromatic nitrogens is 10. The van der Waals surface area contributed by atoms with Crippen LogP contribution in [0.1, 0.15) is 0 Å². The predicted molar refractivity (Wildman–Crippen MR) is 202 cm³/mol. The molecule has 2 saturated heterocycles. The Morgan fingerprint density at radius 1 is 0.685 bits per heavy atom. The van der Waals surface area contributed by atoms with Crippen LogP contribution in [0.3, 0.4) is 0 Å². The maximum Gasteiger partial charge on any atom is 0.247 e. The molecule has 0 radical (unpaired) electrons. The molecule has 0 bridgehead atoms. The van der Waals surface area contributed by atoms with E-state index in [-0.39, 0.29) is 5.16 Å². The number of hydrogen-bond donors (Lipinski definition) is 0. The molecule has 0 spiro atoms. The minimum absolute atomic E-state index is 0.254. The quantitative estimate of drug-likeness (QED) is 0.0941. The van der Waals surface area contributed by atoms with Crippen molar-refractivity contribution in [2.24, 2.45) is 0 Å². The number of hydrazine groups is 1. The normalized spacial score (nSPS) is 16.0. The maximum absolute atomic E-state index is 12.3. The van der Waals surface area contributed by atoms with Gasteiger partial charge in [0.15, 0.2) is 28.1 Å². The maximum atomic E-state index is 12.3. The van der Waals surface area contributed by atoms with Crippen molar-refractivity contribution < 1.29 is 17.9 Å². The van der Waals surface area contributed by atoms with E-state index in [4.69, 9.17) is 34.4 Å². The van der Waals surface area contributed by atoms with Crippen LogP contribution in [-0.2, 0) is 19.3 Å². The molecule has 8 rings (SSSR count). The van der Waals surface area contributed by atoms with Gasteiger partial charge in [-0.15, -0.1) is 0 Å². The van der Waals surface area contributed by atoms with E-state index < -0.39 is 9.84 Å². The lowest BCUT2D eigenvalue weighted by atomic mass is 10.3. The molecule has 0 aromatic carbocycles. The molecule has 282 valence electrons. The lowest BCUT2D eigenvalue weighted by Crippen LogP contribution is -2.52. The third kappa shape index (κ3) is 7.57. The molecule has 6 aromatic rings. The standard InChI is InChI=1S/C34H40N14O4S2/c1-53-33-37-5-3-25(41-33)27-23-39-29-31(35-7-9-45(27)29)47(13-11-43-15-19-51-20-16-43)48(14-12-44-17-21-52-22-18-44)32-30-40-24-28(46(30)10-8-36-32)26-4-6-38-34(42-26)54(2,49)50/h3-10,23-24H,11-22H2,1-2H3. The number of hydrogen-bond acceptors (Lipinski definition) is 17. The Morgan fingerprint density at radius 2 is 1.19 bits per heavy atom. The van der Waals surface area contributed by atoms with Gasteiger partial charge >= 0.3 is 0 Å². The highest BCUT2D eigenvalue weighted by Gasteiger charge is 2.28. The summed E-state index contributed by atoms with van der Waals surface area (Å²) < 4.78 is 39.9. The molecule has 0 N–H and O–H groups in total. The Hall–Kier alpha value is -4.86. The minimum Gasteiger partial charge on any atom is -0.379 e. The molecule has 0 unspecified atom stereocenters. The summed E-state index contributed by atoms with van der Waals surface area (Å²) in [5.74, 6) is 1.23. The fraction of sp³-hybridized carbons (Fsp3) is 0.412. The van der Waals surface area contributed by atoms with Gasteiger partial charge in [0, 0.05) is 82.7 Å². The number of fused-ring (bicyclic) bond motifs is 2. The zero-order chi connectivity index (χ0) is 37.1. The Morgan fingerprint density at radius 3 is 1.69 bits per heavy atom. The predicted octanol–water partition coefficient (Wildman–Crippen LogP) is 1.70. The highest BCUT2D eigenvalue weighted by molar-refractivity contribution is 7.98. The van der Waals surface area contributed by atoms with Crippen LogP contribution >= 0.6 is 11.8 Å². The zero-order valence-corrected chi connectivity index (χ0v) is 31.6. The number of nitrogens with zero attached hydrogens (tertiary/aromatic N) is 14. The highest BCUT2D eigenvalue weighted by atomic mass is 32.2. The van der Waals surface area contributed by atoms with Crippen LogP contribution in [0.2, 0.25) is 0 Å². The van der Waals surface area contributed by atoms with Gasteiger partial charge in [0.25, 0.3) is 0 Å². The summed E-state index contributed by atoms with van der Waals surface area (Å²) in [7, 11) is -3.63. The molecule has 18 nitrogen and oxygen atoms in total. The van der Waals surface area contributed by atoms with E-state index in [2.05, 4.69) is 34.8 Å². The van der Waals surface area contributed by atoms with Crippen LogP contribution in [0, 0.1) is 0 Å². The van der Waals surface area contributed by atoms with Gasteiger partial charge in [0.05, 0.1) is 74.7 Å². The second-order valence-electron chi connectivity index (χ2n) is 12.8. The van der Waals surface area contributed by atoms with Crippen LogP contribution in [-0.4, -0.2) is 158 Å². The lowest BCUT2D eigenvalue weighted by molar-refractivity contribution is 0.0378. The van der Waals surface area contributed by atoms with E-state index in [0.29, 0.717) is 79.0 Å². The van der Waals surface area contributed by atoms with Crippen LogP contribution in [0.5, 0.6) is 0 Å². The van der Waals surface area contributed by atoms with Crippen molar-refractivity contribution in [2.45, 2.75) is 10.3 Å². The van der Waals surface area contributed by atoms with Crippen molar-refractivity contribution in [3.8, 4) is 22.8 Å². The smallest absolute Gasteiger partial charge is 0.247 e. The molecule has 2 fully saturated rings. The molecule has 0 amide bonds. The Kier molecular flexibility index (Phi) is 10.6. The van der Waals surface area contributed by atoms with Crippen molar-refractivity contribution in [1.82, 2.24) is 58.5 Å². The summed E-state index contributed by atoms with van der Waals surface area (Å²) in [5.41, 5.74) is 3.80. The molecular weight excluding hydrogens is 733 g/mol. The SMILES string of the molecule is CSc1nccc(-c2cnc3c(N(CCN4CCOCC4)N(CCN4CCOCC4)c4nccn5c(-c6ccnc(S(C)(=O)=O)n6)cnc45)nccn23)n1. The van der Waals surface area contributed by atoms with Crippen LogP contribution in [0.25, 0.3) is 34.1 Å². The summed E-state index contributed by atoms with van der Waals surface area (Å²) in [6.07, 6.45) is 16.9. The van der Waals surface area contributed by atoms with E-state index in [1.165, 1.54) is 18.0 Å². The minimum atomic E-state index is -3.63. The van der Waals surface area contributed by atoms with E-state index in [1.807, 2.05) is 33.5 Å². The average molecular weight is 773 g/mol. The van der Waals surface area contributed by atoms with E-state index in [9.17, 15) is 8.42 Å². The van der Waals surface area contributed by atoms with Gasteiger partial charge in [0.2, 0.25) is 15.0 Å². The highest BCUT2D eigenvalue weighted by Crippen LogP contribution is 2.30. The second-order valence-corrected chi connectivity index (χ2v) is 15.4. The van der Waals surface area contributed by atoms with Crippen LogP contribution in [0.4, 0.5) is 11.6 Å². The number of morpholine rings is 2. The van der Waals surface area contributed by atoms with Gasteiger partial charge < -0.3 is 9.47 Å². The van der Waals surface area contributed by atoms with Crippen molar-refractivity contribution in [2.75, 3.05) is 101 Å². The first-order valence-electron chi connectivity index (χ1n) is 17.6. The summed E-state index contributed by atoms with van der Waals surface area (Å²) >= 11 is 1.48. The largest absolute Gasteiger partial charge is 0.379 e. The summed E-state index contributed by atoms with van der Waals surface area (Å²) in [5, 5.41) is 4.71. The topological polar surface area (TPSA) is 178 Å². The van der Waals surface area contributed by atoms with E-state index >= 15 is 0 Å². The molecule has 20 heteroatoms. The number of rotatable bonds is 13. The molecule has 8 heterocycles. The third-order valence-electron chi connectivity index (χ3n) is 9.37. The molecule has 2 aliphatic rings. The van der Waals surface area contributed by atoms with Crippen molar-refractivity contribution in [3.05, 3.63) is 61.7 Å². The number of anilines is 2. The first-order valence-corrected chi connectivity index (χ1v) is 20.7. The monoisotopic (exact) mass is 772 g/mol. The summed E-state index contributed by atoms with van der Waals surface area (Å²) in [6, 6.07) is 3.55. The van der Waals surface area contributed by atoms with Gasteiger partial charge in [-0.3, -0.25) is 28.6 Å². The third-order valence-corrected chi connectivity index (χ3v) is 10.8. The van der Waals surface area contributed by atoms with Crippen molar-refractivity contribution in [3.63, 3.8) is 0 Å². The van der Waals surface area contributed by atoms with Gasteiger partial charge in [-0.2, -0.15) is 0 Å². The molecule has 2 aliphatic heterocycles. The fourth-order valence-electron chi connectivity index (χ4n) is 6.60. The van der Waals surface area contributed by atoms with Crippen molar-refractivity contribution in [1.29, 1.82) is 0 Å². The Labute approximate surface area is 316 Å². The van der Waals surface area contributed by atoms with Gasteiger partial charge in [-0.25, -0.2) is 48.3 Å². The van der Waals surface area contributed by atoms with Gasteiger partial charge in [-0.1, -0.05) is 11.8 Å². The summed E-state index contributed by atoms with van der Waals surface area (Å²) in [6.45, 7) is 8.53. The molecular formula is C34H40N14O4S2. The average Bonchev–Trinajstić information content (AvgIpc) is 3.85. The molecule has 0 atom stereocenters. The first kappa shape index (κ1) is 36.1. The molecule has 0 aliphatic carbocycles. The van der Waals surface area contributed by atoms with E-state index in [1.54, 1.807) is 37.1 Å². The second kappa shape index (κ2) is 15.9. The zero-order valence-electron chi connectivity index (χ0n) is 30.0. The van der Waals surface area contributed by atoms with E-state index in [0.717, 1.165) is 56.9 Å². The number of sulfone groups is 1. The molecule has 0 saturated carbocycles. The Bertz CT molecular complexity index is 2340. The Balaban J connectivity index is 1.25. The van der Waals surface area contributed by atoms with Crippen LogP contribution in [0.15, 0.2) is 72.0 Å². The molecule has 54 heavy (non-hydrogen) atoms.